The highest BCUT2D eigenvalue weighted by Gasteiger charge is 2.00. The summed E-state index contributed by atoms with van der Waals surface area (Å²) in [5.41, 5.74) is 3.32. The minimum atomic E-state index is 0.750. The minimum absolute atomic E-state index is 0.750. The van der Waals surface area contributed by atoms with Gasteiger partial charge in [-0.25, -0.2) is 4.98 Å². The molecule has 0 aliphatic heterocycles. The van der Waals surface area contributed by atoms with E-state index in [2.05, 4.69) is 10.3 Å². The van der Waals surface area contributed by atoms with Crippen LogP contribution in [0.4, 0.5) is 11.5 Å². The van der Waals surface area contributed by atoms with Gasteiger partial charge in [-0.05, 0) is 55.3 Å². The maximum Gasteiger partial charge on any atom is 0.130 e. The quantitative estimate of drug-likeness (QED) is 0.844. The van der Waals surface area contributed by atoms with Gasteiger partial charge in [-0.3, -0.25) is 0 Å². The minimum Gasteiger partial charge on any atom is -0.340 e. The number of hydrogen-bond donors (Lipinski definition) is 1. The van der Waals surface area contributed by atoms with E-state index in [-0.39, 0.29) is 0 Å². The second-order valence-electron chi connectivity index (χ2n) is 3.80. The number of halogens is 1. The Morgan fingerprint density at radius 2 is 1.94 bits per heavy atom. The van der Waals surface area contributed by atoms with Crippen molar-refractivity contribution in [2.75, 3.05) is 5.32 Å². The van der Waals surface area contributed by atoms with E-state index in [1.165, 1.54) is 5.56 Å². The fourth-order valence-electron chi connectivity index (χ4n) is 1.51. The van der Waals surface area contributed by atoms with Gasteiger partial charge in [0.1, 0.15) is 5.82 Å². The van der Waals surface area contributed by atoms with Gasteiger partial charge in [0.2, 0.25) is 0 Å². The Kier molecular flexibility index (Phi) is 3.11. The van der Waals surface area contributed by atoms with Crippen molar-refractivity contribution in [2.24, 2.45) is 0 Å². The Morgan fingerprint density at radius 1 is 1.12 bits per heavy atom. The molecule has 82 valence electrons. The molecule has 0 bridgehead atoms. The van der Waals surface area contributed by atoms with Gasteiger partial charge in [-0.15, -0.1) is 0 Å². The van der Waals surface area contributed by atoms with Crippen molar-refractivity contribution >= 4 is 23.1 Å². The third-order valence-electron chi connectivity index (χ3n) is 2.37. The Morgan fingerprint density at radius 3 is 2.62 bits per heavy atom. The number of anilines is 2. The summed E-state index contributed by atoms with van der Waals surface area (Å²) in [6.07, 6.45) is 1.79. The van der Waals surface area contributed by atoms with Crippen molar-refractivity contribution in [3.05, 3.63) is 52.7 Å². The Balaban J connectivity index is 2.27. The summed E-state index contributed by atoms with van der Waals surface area (Å²) < 4.78 is 0. The van der Waals surface area contributed by atoms with E-state index in [4.69, 9.17) is 11.6 Å². The van der Waals surface area contributed by atoms with E-state index in [9.17, 15) is 0 Å². The molecule has 1 aromatic heterocycles. The highest BCUT2D eigenvalue weighted by molar-refractivity contribution is 6.30. The summed E-state index contributed by atoms with van der Waals surface area (Å²) in [6, 6.07) is 9.74. The molecule has 3 heteroatoms. The van der Waals surface area contributed by atoms with Gasteiger partial charge in [-0.2, -0.15) is 0 Å². The lowest BCUT2D eigenvalue weighted by molar-refractivity contribution is 1.27. The first-order valence-corrected chi connectivity index (χ1v) is 5.49. The van der Waals surface area contributed by atoms with Gasteiger partial charge in [-0.1, -0.05) is 11.6 Å². The first kappa shape index (κ1) is 11.0. The fraction of sp³-hybridized carbons (Fsp3) is 0.154. The third kappa shape index (κ3) is 2.52. The van der Waals surface area contributed by atoms with Crippen molar-refractivity contribution in [3.8, 4) is 0 Å². The standard InChI is InChI=1S/C13H13ClN2/c1-9-5-6-15-13(7-9)16-12-4-3-11(14)8-10(12)2/h3-8H,1-2H3,(H,15,16). The largest absolute Gasteiger partial charge is 0.340 e. The van der Waals surface area contributed by atoms with Crippen molar-refractivity contribution < 1.29 is 0 Å². The molecule has 0 aliphatic rings. The predicted molar refractivity (Wildman–Crippen MR) is 68.4 cm³/mol. The van der Waals surface area contributed by atoms with Crippen LogP contribution in [0.3, 0.4) is 0 Å². The summed E-state index contributed by atoms with van der Waals surface area (Å²) in [5, 5.41) is 4.02. The summed E-state index contributed by atoms with van der Waals surface area (Å²) in [5.74, 6) is 0.852. The van der Waals surface area contributed by atoms with E-state index in [1.807, 2.05) is 44.2 Å². The average Bonchev–Trinajstić information content (AvgIpc) is 2.22. The van der Waals surface area contributed by atoms with Crippen LogP contribution in [0.1, 0.15) is 11.1 Å². The van der Waals surface area contributed by atoms with Crippen LogP contribution >= 0.6 is 11.6 Å². The van der Waals surface area contributed by atoms with Gasteiger partial charge >= 0.3 is 0 Å². The summed E-state index contributed by atoms with van der Waals surface area (Å²) in [7, 11) is 0. The summed E-state index contributed by atoms with van der Waals surface area (Å²) >= 11 is 5.90. The van der Waals surface area contributed by atoms with E-state index in [0.717, 1.165) is 22.1 Å². The van der Waals surface area contributed by atoms with E-state index in [0.29, 0.717) is 0 Å². The summed E-state index contributed by atoms with van der Waals surface area (Å²) in [4.78, 5) is 4.25. The molecule has 0 unspecified atom stereocenters. The number of nitrogens with one attached hydrogen (secondary N) is 1. The topological polar surface area (TPSA) is 24.9 Å². The lowest BCUT2D eigenvalue weighted by Gasteiger charge is -2.09. The molecule has 0 amide bonds. The molecule has 0 saturated heterocycles. The molecule has 0 atom stereocenters. The normalized spacial score (nSPS) is 10.2. The highest BCUT2D eigenvalue weighted by Crippen LogP contribution is 2.22. The van der Waals surface area contributed by atoms with Crippen LogP contribution in [0.15, 0.2) is 36.5 Å². The molecule has 0 aliphatic carbocycles. The first-order chi connectivity index (χ1) is 7.65. The molecule has 1 heterocycles. The van der Waals surface area contributed by atoms with Crippen LogP contribution in [-0.4, -0.2) is 4.98 Å². The lowest BCUT2D eigenvalue weighted by atomic mass is 10.2. The molecule has 0 fully saturated rings. The number of aryl methyl sites for hydroxylation is 2. The van der Waals surface area contributed by atoms with E-state index in [1.54, 1.807) is 6.20 Å². The molecule has 0 saturated carbocycles. The van der Waals surface area contributed by atoms with Crippen LogP contribution in [0, 0.1) is 13.8 Å². The second-order valence-corrected chi connectivity index (χ2v) is 4.24. The SMILES string of the molecule is Cc1ccnc(Nc2ccc(Cl)cc2C)c1. The molecule has 2 nitrogen and oxygen atoms in total. The molecule has 0 spiro atoms. The molecule has 0 radical (unpaired) electrons. The first-order valence-electron chi connectivity index (χ1n) is 5.11. The monoisotopic (exact) mass is 232 g/mol. The molecule has 16 heavy (non-hydrogen) atoms. The molecule has 2 aromatic rings. The molecular weight excluding hydrogens is 220 g/mol. The second kappa shape index (κ2) is 4.54. The van der Waals surface area contributed by atoms with E-state index >= 15 is 0 Å². The van der Waals surface area contributed by atoms with Gasteiger partial charge < -0.3 is 5.32 Å². The van der Waals surface area contributed by atoms with Crippen LogP contribution in [0.25, 0.3) is 0 Å². The van der Waals surface area contributed by atoms with Crippen molar-refractivity contribution in [3.63, 3.8) is 0 Å². The highest BCUT2D eigenvalue weighted by atomic mass is 35.5. The number of benzene rings is 1. The van der Waals surface area contributed by atoms with Crippen molar-refractivity contribution in [1.82, 2.24) is 4.98 Å². The van der Waals surface area contributed by atoms with Gasteiger partial charge in [0, 0.05) is 16.9 Å². The predicted octanol–water partition coefficient (Wildman–Crippen LogP) is 4.10. The zero-order valence-corrected chi connectivity index (χ0v) is 10.0. The maximum atomic E-state index is 5.90. The summed E-state index contributed by atoms with van der Waals surface area (Å²) in [6.45, 7) is 4.06. The zero-order chi connectivity index (χ0) is 11.5. The molecule has 1 N–H and O–H groups in total. The average molecular weight is 233 g/mol. The zero-order valence-electron chi connectivity index (χ0n) is 9.29. The maximum absolute atomic E-state index is 5.90. The Bertz CT molecular complexity index is 509. The number of nitrogens with zero attached hydrogens (tertiary/aromatic N) is 1. The number of aromatic nitrogens is 1. The van der Waals surface area contributed by atoms with Crippen LogP contribution < -0.4 is 5.32 Å². The lowest BCUT2D eigenvalue weighted by Crippen LogP contribution is -1.95. The van der Waals surface area contributed by atoms with Crippen molar-refractivity contribution in [1.29, 1.82) is 0 Å². The molecule has 1 aromatic carbocycles. The molecule has 2 rings (SSSR count). The van der Waals surface area contributed by atoms with Crippen molar-refractivity contribution in [2.45, 2.75) is 13.8 Å². The number of pyridine rings is 1. The van der Waals surface area contributed by atoms with Crippen LogP contribution in [-0.2, 0) is 0 Å². The third-order valence-corrected chi connectivity index (χ3v) is 2.60. The van der Waals surface area contributed by atoms with Crippen LogP contribution in [0.2, 0.25) is 5.02 Å². The number of rotatable bonds is 2. The number of hydrogen-bond acceptors (Lipinski definition) is 2. The van der Waals surface area contributed by atoms with E-state index < -0.39 is 0 Å². The van der Waals surface area contributed by atoms with Gasteiger partial charge in [0.15, 0.2) is 0 Å². The Hall–Kier alpha value is -1.54. The Labute approximate surface area is 100 Å². The van der Waals surface area contributed by atoms with Gasteiger partial charge in [0.05, 0.1) is 0 Å². The fourth-order valence-corrected chi connectivity index (χ4v) is 1.74. The van der Waals surface area contributed by atoms with Crippen LogP contribution in [0.5, 0.6) is 0 Å². The molecular formula is C13H13ClN2. The van der Waals surface area contributed by atoms with Gasteiger partial charge in [0.25, 0.3) is 0 Å². The smallest absolute Gasteiger partial charge is 0.130 e.